The smallest absolute Gasteiger partial charge is 0.211 e. The molecule has 1 rings (SSSR count). The molecule has 0 aromatic heterocycles. The summed E-state index contributed by atoms with van der Waals surface area (Å²) in [5.74, 6) is -1.09. The fourth-order valence-electron chi connectivity index (χ4n) is 2.00. The second kappa shape index (κ2) is 7.04. The number of carbonyl (C=O) groups excluding carboxylic acids is 1. The zero-order chi connectivity index (χ0) is 14.4. The van der Waals surface area contributed by atoms with Crippen LogP contribution in [0.25, 0.3) is 0 Å². The van der Waals surface area contributed by atoms with Gasteiger partial charge in [-0.25, -0.2) is 0 Å². The van der Waals surface area contributed by atoms with Crippen molar-refractivity contribution in [1.29, 1.82) is 0 Å². The zero-order valence-electron chi connectivity index (χ0n) is 10.9. The van der Waals surface area contributed by atoms with Crippen molar-refractivity contribution in [3.05, 3.63) is 56.6 Å². The van der Waals surface area contributed by atoms with Crippen molar-refractivity contribution < 1.29 is 9.72 Å². The maximum Gasteiger partial charge on any atom is 0.211 e. The summed E-state index contributed by atoms with van der Waals surface area (Å²) < 4.78 is 0. The van der Waals surface area contributed by atoms with E-state index in [4.69, 9.17) is 11.6 Å². The summed E-state index contributed by atoms with van der Waals surface area (Å²) in [5.41, 5.74) is 1.58. The molecule has 0 aliphatic heterocycles. The van der Waals surface area contributed by atoms with Crippen molar-refractivity contribution in [2.24, 2.45) is 5.92 Å². The Kier molecular flexibility index (Phi) is 5.70. The molecule has 1 aromatic carbocycles. The number of halogens is 1. The Bertz CT molecular complexity index is 495. The largest absolute Gasteiger partial charge is 0.303 e. The van der Waals surface area contributed by atoms with Gasteiger partial charge in [-0.3, -0.25) is 10.1 Å². The van der Waals surface area contributed by atoms with Gasteiger partial charge in [0.25, 0.3) is 0 Å². The van der Waals surface area contributed by atoms with Crippen molar-refractivity contribution in [2.75, 3.05) is 6.54 Å². The van der Waals surface area contributed by atoms with E-state index in [0.29, 0.717) is 10.6 Å². The van der Waals surface area contributed by atoms with Crippen LogP contribution in [0.2, 0.25) is 5.02 Å². The SMILES string of the molecule is CC(C)=C[C@@H](C=O)[C@H](C[N+](=O)[O-])c1ccccc1Cl. The molecule has 4 nitrogen and oxygen atoms in total. The average molecular weight is 282 g/mol. The molecule has 0 saturated heterocycles. The van der Waals surface area contributed by atoms with Crippen LogP contribution in [0.3, 0.4) is 0 Å². The van der Waals surface area contributed by atoms with Gasteiger partial charge in [-0.1, -0.05) is 41.4 Å². The van der Waals surface area contributed by atoms with E-state index in [2.05, 4.69) is 0 Å². The van der Waals surface area contributed by atoms with Gasteiger partial charge in [-0.05, 0) is 25.5 Å². The highest BCUT2D eigenvalue weighted by Gasteiger charge is 2.27. The van der Waals surface area contributed by atoms with E-state index in [9.17, 15) is 14.9 Å². The van der Waals surface area contributed by atoms with Gasteiger partial charge in [0.15, 0.2) is 0 Å². The highest BCUT2D eigenvalue weighted by Crippen LogP contribution is 2.31. The van der Waals surface area contributed by atoms with E-state index < -0.39 is 16.8 Å². The molecule has 2 atom stereocenters. The first-order chi connectivity index (χ1) is 8.95. The van der Waals surface area contributed by atoms with E-state index in [-0.39, 0.29) is 6.54 Å². The van der Waals surface area contributed by atoms with E-state index in [0.717, 1.165) is 11.9 Å². The van der Waals surface area contributed by atoms with Gasteiger partial charge in [-0.15, -0.1) is 0 Å². The molecular weight excluding hydrogens is 266 g/mol. The Morgan fingerprint density at radius 1 is 1.42 bits per heavy atom. The summed E-state index contributed by atoms with van der Waals surface area (Å²) in [5, 5.41) is 11.3. The van der Waals surface area contributed by atoms with Crippen LogP contribution >= 0.6 is 11.6 Å². The molecule has 0 spiro atoms. The average Bonchev–Trinajstić information content (AvgIpc) is 2.34. The van der Waals surface area contributed by atoms with Crippen molar-refractivity contribution in [3.63, 3.8) is 0 Å². The Labute approximate surface area is 117 Å². The third-order valence-corrected chi connectivity index (χ3v) is 3.14. The molecule has 0 bridgehead atoms. The molecule has 0 fully saturated rings. The molecule has 0 aliphatic rings. The summed E-state index contributed by atoms with van der Waals surface area (Å²) in [6, 6.07) is 6.92. The molecule has 102 valence electrons. The molecular formula is C14H16ClNO3. The minimum atomic E-state index is -0.546. The third kappa shape index (κ3) is 4.48. The predicted octanol–water partition coefficient (Wildman–Crippen LogP) is 3.48. The Hall–Kier alpha value is -1.68. The van der Waals surface area contributed by atoms with Gasteiger partial charge in [0.2, 0.25) is 6.54 Å². The van der Waals surface area contributed by atoms with Crippen LogP contribution in [0, 0.1) is 16.0 Å². The fraction of sp³-hybridized carbons (Fsp3) is 0.357. The van der Waals surface area contributed by atoms with Crippen LogP contribution in [0.15, 0.2) is 35.9 Å². The lowest BCUT2D eigenvalue weighted by molar-refractivity contribution is -0.484. The topological polar surface area (TPSA) is 60.2 Å². The molecule has 19 heavy (non-hydrogen) atoms. The third-order valence-electron chi connectivity index (χ3n) is 2.80. The van der Waals surface area contributed by atoms with Gasteiger partial charge < -0.3 is 4.79 Å². The Morgan fingerprint density at radius 2 is 2.05 bits per heavy atom. The second-order valence-corrected chi connectivity index (χ2v) is 5.01. The van der Waals surface area contributed by atoms with Gasteiger partial charge in [0.05, 0.1) is 5.92 Å². The number of nitro groups is 1. The quantitative estimate of drug-likeness (QED) is 0.347. The summed E-state index contributed by atoms with van der Waals surface area (Å²) in [7, 11) is 0. The summed E-state index contributed by atoms with van der Waals surface area (Å²) >= 11 is 6.08. The highest BCUT2D eigenvalue weighted by atomic mass is 35.5. The monoisotopic (exact) mass is 281 g/mol. The maximum absolute atomic E-state index is 11.2. The first-order valence-corrected chi connectivity index (χ1v) is 6.30. The van der Waals surface area contributed by atoms with Gasteiger partial charge >= 0.3 is 0 Å². The molecule has 0 amide bonds. The van der Waals surface area contributed by atoms with Crippen LogP contribution in [0.4, 0.5) is 0 Å². The lowest BCUT2D eigenvalue weighted by Crippen LogP contribution is -2.21. The number of carbonyl (C=O) groups is 1. The summed E-state index contributed by atoms with van der Waals surface area (Å²) in [4.78, 5) is 21.7. The number of hydrogen-bond donors (Lipinski definition) is 0. The van der Waals surface area contributed by atoms with Crippen LogP contribution in [0.1, 0.15) is 25.3 Å². The molecule has 0 aliphatic carbocycles. The molecule has 0 saturated carbocycles. The number of rotatable bonds is 6. The van der Waals surface area contributed by atoms with E-state index >= 15 is 0 Å². The minimum Gasteiger partial charge on any atom is -0.303 e. The highest BCUT2D eigenvalue weighted by molar-refractivity contribution is 6.31. The van der Waals surface area contributed by atoms with E-state index in [1.54, 1.807) is 30.3 Å². The molecule has 0 unspecified atom stereocenters. The first-order valence-electron chi connectivity index (χ1n) is 5.92. The van der Waals surface area contributed by atoms with E-state index in [1.165, 1.54) is 0 Å². The molecule has 0 radical (unpaired) electrons. The predicted molar refractivity (Wildman–Crippen MR) is 75.0 cm³/mol. The van der Waals surface area contributed by atoms with Gasteiger partial charge in [0, 0.05) is 15.9 Å². The number of nitrogens with zero attached hydrogens (tertiary/aromatic N) is 1. The molecule has 1 aromatic rings. The van der Waals surface area contributed by atoms with Gasteiger partial charge in [-0.2, -0.15) is 0 Å². The number of allylic oxidation sites excluding steroid dienone is 2. The normalized spacial score (nSPS) is 13.4. The molecule has 0 heterocycles. The lowest BCUT2D eigenvalue weighted by Gasteiger charge is -2.18. The van der Waals surface area contributed by atoms with Crippen LogP contribution in [-0.4, -0.2) is 17.8 Å². The number of hydrogen-bond acceptors (Lipinski definition) is 3. The summed E-state index contributed by atoms with van der Waals surface area (Å²) in [6.07, 6.45) is 2.48. The summed E-state index contributed by atoms with van der Waals surface area (Å²) in [6.45, 7) is 3.38. The van der Waals surface area contributed by atoms with Crippen LogP contribution in [0.5, 0.6) is 0 Å². The number of benzene rings is 1. The van der Waals surface area contributed by atoms with Crippen molar-refractivity contribution >= 4 is 17.9 Å². The number of aldehydes is 1. The van der Waals surface area contributed by atoms with Gasteiger partial charge in [0.1, 0.15) is 6.29 Å². The van der Waals surface area contributed by atoms with Crippen LogP contribution < -0.4 is 0 Å². The Balaban J connectivity index is 3.21. The Morgan fingerprint density at radius 3 is 2.53 bits per heavy atom. The zero-order valence-corrected chi connectivity index (χ0v) is 11.6. The minimum absolute atomic E-state index is 0.322. The lowest BCUT2D eigenvalue weighted by atomic mass is 9.85. The molecule has 0 N–H and O–H groups in total. The van der Waals surface area contributed by atoms with Crippen LogP contribution in [-0.2, 0) is 4.79 Å². The van der Waals surface area contributed by atoms with E-state index in [1.807, 2.05) is 13.8 Å². The van der Waals surface area contributed by atoms with Crippen molar-refractivity contribution in [3.8, 4) is 0 Å². The maximum atomic E-state index is 11.2. The standard InChI is InChI=1S/C14H16ClNO3/c1-10(2)7-11(9-17)13(8-16(18)19)12-5-3-4-6-14(12)15/h3-7,9,11,13H,8H2,1-2H3/t11-,13-/m0/s1. The fourth-order valence-corrected chi connectivity index (χ4v) is 2.27. The van der Waals surface area contributed by atoms with Crippen molar-refractivity contribution in [2.45, 2.75) is 19.8 Å². The second-order valence-electron chi connectivity index (χ2n) is 4.60. The first kappa shape index (κ1) is 15.4. The van der Waals surface area contributed by atoms with Crippen molar-refractivity contribution in [1.82, 2.24) is 0 Å². The molecule has 5 heteroatoms.